The molecule has 0 atom stereocenters. The third kappa shape index (κ3) is 2.92. The van der Waals surface area contributed by atoms with Gasteiger partial charge in [0.2, 0.25) is 5.01 Å². The number of anilines is 2. The first-order chi connectivity index (χ1) is 11.1. The summed E-state index contributed by atoms with van der Waals surface area (Å²) in [6.45, 7) is 3.37. The van der Waals surface area contributed by atoms with Crippen LogP contribution in [0.25, 0.3) is 0 Å². The standard InChI is InChI=1S/C16H17N3O3S/c1-3-22-16(21)14-17-10-13(23-14)15(20)19-9-8-18(2)11-6-4-5-7-12(11)19/h4-7,10H,3,8-9H2,1-2H3. The molecule has 1 aliphatic rings. The van der Waals surface area contributed by atoms with Crippen LogP contribution >= 0.6 is 11.3 Å². The number of hydrogen-bond acceptors (Lipinski definition) is 6. The van der Waals surface area contributed by atoms with E-state index in [0.717, 1.165) is 29.3 Å². The van der Waals surface area contributed by atoms with Crippen LogP contribution in [0.2, 0.25) is 0 Å². The Balaban J connectivity index is 1.87. The minimum Gasteiger partial charge on any atom is -0.461 e. The first-order valence-electron chi connectivity index (χ1n) is 7.36. The van der Waals surface area contributed by atoms with Gasteiger partial charge >= 0.3 is 5.97 Å². The number of rotatable bonds is 3. The Morgan fingerprint density at radius 2 is 2.00 bits per heavy atom. The number of hydrogen-bond donors (Lipinski definition) is 0. The topological polar surface area (TPSA) is 62.7 Å². The summed E-state index contributed by atoms with van der Waals surface area (Å²) >= 11 is 1.07. The highest BCUT2D eigenvalue weighted by atomic mass is 32.1. The van der Waals surface area contributed by atoms with Crippen molar-refractivity contribution in [1.82, 2.24) is 4.98 Å². The molecule has 120 valence electrons. The predicted octanol–water partition coefficient (Wildman–Crippen LogP) is 2.42. The molecule has 7 heteroatoms. The van der Waals surface area contributed by atoms with E-state index in [1.165, 1.54) is 6.20 Å². The summed E-state index contributed by atoms with van der Waals surface area (Å²) < 4.78 is 4.91. The van der Waals surface area contributed by atoms with Crippen molar-refractivity contribution in [3.8, 4) is 0 Å². The van der Waals surface area contributed by atoms with Gasteiger partial charge in [0.1, 0.15) is 4.88 Å². The molecular formula is C16H17N3O3S. The molecule has 0 bridgehead atoms. The second-order valence-electron chi connectivity index (χ2n) is 5.12. The van der Waals surface area contributed by atoms with Crippen molar-refractivity contribution < 1.29 is 14.3 Å². The van der Waals surface area contributed by atoms with E-state index in [0.29, 0.717) is 11.4 Å². The van der Waals surface area contributed by atoms with E-state index >= 15 is 0 Å². The molecule has 0 fully saturated rings. The molecule has 2 heterocycles. The van der Waals surface area contributed by atoms with Gasteiger partial charge in [0, 0.05) is 20.1 Å². The minimum atomic E-state index is -0.490. The quantitative estimate of drug-likeness (QED) is 0.808. The van der Waals surface area contributed by atoms with Crippen LogP contribution in [0.1, 0.15) is 26.4 Å². The number of amides is 1. The summed E-state index contributed by atoms with van der Waals surface area (Å²) in [7, 11) is 2.01. The lowest BCUT2D eigenvalue weighted by Crippen LogP contribution is -2.42. The van der Waals surface area contributed by atoms with Crippen molar-refractivity contribution in [2.24, 2.45) is 0 Å². The molecule has 0 aliphatic carbocycles. The molecule has 1 aromatic heterocycles. The van der Waals surface area contributed by atoms with E-state index in [-0.39, 0.29) is 17.5 Å². The Morgan fingerprint density at radius 3 is 2.74 bits per heavy atom. The van der Waals surface area contributed by atoms with Gasteiger partial charge in [0.25, 0.3) is 5.91 Å². The van der Waals surface area contributed by atoms with Gasteiger partial charge in [-0.15, -0.1) is 11.3 Å². The third-order valence-corrected chi connectivity index (χ3v) is 4.62. The molecule has 2 aromatic rings. The molecule has 3 rings (SSSR count). The van der Waals surface area contributed by atoms with Crippen LogP contribution in [0.15, 0.2) is 30.5 Å². The normalized spacial score (nSPS) is 13.7. The molecule has 0 saturated carbocycles. The maximum Gasteiger partial charge on any atom is 0.367 e. The number of likely N-dealkylation sites (N-methyl/N-ethyl adjacent to an activating group) is 1. The lowest BCUT2D eigenvalue weighted by molar-refractivity contribution is 0.0526. The third-order valence-electron chi connectivity index (χ3n) is 3.65. The Kier molecular flexibility index (Phi) is 4.29. The number of aromatic nitrogens is 1. The van der Waals surface area contributed by atoms with Crippen molar-refractivity contribution in [1.29, 1.82) is 0 Å². The Hall–Kier alpha value is -2.41. The first-order valence-corrected chi connectivity index (χ1v) is 8.18. The van der Waals surface area contributed by atoms with Gasteiger partial charge in [-0.3, -0.25) is 4.79 Å². The number of nitrogens with zero attached hydrogens (tertiary/aromatic N) is 3. The van der Waals surface area contributed by atoms with E-state index < -0.39 is 5.97 Å². The fraction of sp³-hybridized carbons (Fsp3) is 0.312. The van der Waals surface area contributed by atoms with Crippen LogP contribution in [-0.4, -0.2) is 43.6 Å². The molecule has 0 unspecified atom stereocenters. The summed E-state index contributed by atoms with van der Waals surface area (Å²) in [6.07, 6.45) is 1.44. The number of carbonyl (C=O) groups excluding carboxylic acids is 2. The van der Waals surface area contributed by atoms with Crippen LogP contribution < -0.4 is 9.80 Å². The average molecular weight is 331 g/mol. The number of esters is 1. The van der Waals surface area contributed by atoms with Gasteiger partial charge in [0.05, 0.1) is 24.2 Å². The van der Waals surface area contributed by atoms with E-state index in [9.17, 15) is 9.59 Å². The lowest BCUT2D eigenvalue weighted by atomic mass is 10.1. The minimum absolute atomic E-state index is 0.140. The second-order valence-corrected chi connectivity index (χ2v) is 6.15. The zero-order valence-corrected chi connectivity index (χ0v) is 13.8. The van der Waals surface area contributed by atoms with Crippen LogP contribution in [-0.2, 0) is 4.74 Å². The highest BCUT2D eigenvalue weighted by molar-refractivity contribution is 7.15. The van der Waals surface area contributed by atoms with Gasteiger partial charge in [-0.05, 0) is 19.1 Å². The van der Waals surface area contributed by atoms with Crippen LogP contribution in [0.5, 0.6) is 0 Å². The number of thiazole rings is 1. The van der Waals surface area contributed by atoms with E-state index in [1.807, 2.05) is 31.3 Å². The van der Waals surface area contributed by atoms with E-state index in [1.54, 1.807) is 11.8 Å². The summed E-state index contributed by atoms with van der Waals surface area (Å²) in [5, 5.41) is 0.206. The largest absolute Gasteiger partial charge is 0.461 e. The Bertz CT molecular complexity index is 744. The second kappa shape index (κ2) is 6.37. The first kappa shape index (κ1) is 15.5. The zero-order chi connectivity index (χ0) is 16.4. The molecular weight excluding hydrogens is 314 g/mol. The van der Waals surface area contributed by atoms with E-state index in [2.05, 4.69) is 9.88 Å². The number of fused-ring (bicyclic) bond motifs is 1. The maximum atomic E-state index is 12.8. The van der Waals surface area contributed by atoms with Crippen molar-refractivity contribution in [2.45, 2.75) is 6.92 Å². The maximum absolute atomic E-state index is 12.8. The molecule has 1 aromatic carbocycles. The summed E-state index contributed by atoms with van der Waals surface area (Å²) in [5.41, 5.74) is 1.89. The van der Waals surface area contributed by atoms with Gasteiger partial charge in [-0.2, -0.15) is 0 Å². The smallest absolute Gasteiger partial charge is 0.367 e. The van der Waals surface area contributed by atoms with Crippen molar-refractivity contribution >= 4 is 34.6 Å². The Labute approximate surface area is 138 Å². The molecule has 0 saturated heterocycles. The van der Waals surface area contributed by atoms with Crippen LogP contribution in [0.4, 0.5) is 11.4 Å². The molecule has 0 spiro atoms. The Morgan fingerprint density at radius 1 is 1.26 bits per heavy atom. The van der Waals surface area contributed by atoms with Crippen LogP contribution in [0.3, 0.4) is 0 Å². The number of ether oxygens (including phenoxy) is 1. The van der Waals surface area contributed by atoms with Crippen molar-refractivity contribution in [3.63, 3.8) is 0 Å². The fourth-order valence-corrected chi connectivity index (χ4v) is 3.27. The molecule has 0 radical (unpaired) electrons. The number of benzene rings is 1. The molecule has 23 heavy (non-hydrogen) atoms. The van der Waals surface area contributed by atoms with Gasteiger partial charge in [-0.1, -0.05) is 12.1 Å². The molecule has 1 aliphatic heterocycles. The number of carbonyl (C=O) groups is 2. The van der Waals surface area contributed by atoms with Gasteiger partial charge in [0.15, 0.2) is 0 Å². The molecule has 0 N–H and O–H groups in total. The van der Waals surface area contributed by atoms with Gasteiger partial charge < -0.3 is 14.5 Å². The highest BCUT2D eigenvalue weighted by Gasteiger charge is 2.27. The van der Waals surface area contributed by atoms with Gasteiger partial charge in [-0.25, -0.2) is 9.78 Å². The lowest BCUT2D eigenvalue weighted by Gasteiger charge is -2.35. The predicted molar refractivity (Wildman–Crippen MR) is 89.5 cm³/mol. The monoisotopic (exact) mass is 331 g/mol. The van der Waals surface area contributed by atoms with Crippen molar-refractivity contribution in [2.75, 3.05) is 36.5 Å². The zero-order valence-electron chi connectivity index (χ0n) is 13.0. The summed E-state index contributed by atoms with van der Waals surface area (Å²) in [6, 6.07) is 7.78. The highest BCUT2D eigenvalue weighted by Crippen LogP contribution is 2.33. The summed E-state index contributed by atoms with van der Waals surface area (Å²) in [4.78, 5) is 32.8. The van der Waals surface area contributed by atoms with E-state index in [4.69, 9.17) is 4.74 Å². The SMILES string of the molecule is CCOC(=O)c1ncc(C(=O)N2CCN(C)c3ccccc32)s1. The average Bonchev–Trinajstić information content (AvgIpc) is 3.05. The van der Waals surface area contributed by atoms with Crippen LogP contribution in [0, 0.1) is 0 Å². The summed E-state index contributed by atoms with van der Waals surface area (Å²) in [5.74, 6) is -0.631. The fourth-order valence-electron chi connectivity index (χ4n) is 2.51. The molecule has 6 nitrogen and oxygen atoms in total. The number of para-hydroxylation sites is 2. The van der Waals surface area contributed by atoms with Crippen molar-refractivity contribution in [3.05, 3.63) is 40.3 Å². The molecule has 1 amide bonds.